The maximum atomic E-state index is 13.7. The number of allylic oxidation sites excluding steroid dienone is 4. The molecule has 0 aliphatic heterocycles. The minimum Gasteiger partial charge on any atom is -0.377 e. The molecule has 0 heterocycles. The third kappa shape index (κ3) is 2.07. The second-order valence-electron chi connectivity index (χ2n) is 9.38. The van der Waals surface area contributed by atoms with Crippen LogP contribution < -0.4 is 0 Å². The number of carbonyl (C=O) groups excluding carboxylic acids is 3. The Morgan fingerprint density at radius 3 is 2.64 bits per heavy atom. The summed E-state index contributed by atoms with van der Waals surface area (Å²) in [5, 5.41) is 11.5. The van der Waals surface area contributed by atoms with Crippen molar-refractivity contribution < 1.29 is 19.5 Å². The van der Waals surface area contributed by atoms with Crippen LogP contribution in [0, 0.1) is 22.7 Å². The third-order valence-electron chi connectivity index (χ3n) is 8.32. The molecule has 0 bridgehead atoms. The first-order chi connectivity index (χ1) is 13.0. The molecule has 150 valence electrons. The Balaban J connectivity index is 1.86. The first kappa shape index (κ1) is 20.2. The Labute approximate surface area is 179 Å². The van der Waals surface area contributed by atoms with Crippen molar-refractivity contribution in [3.8, 4) is 0 Å². The van der Waals surface area contributed by atoms with E-state index in [9.17, 15) is 19.5 Å². The van der Waals surface area contributed by atoms with Crippen LogP contribution in [0.1, 0.15) is 52.9 Å². The van der Waals surface area contributed by atoms with Gasteiger partial charge < -0.3 is 5.11 Å². The highest BCUT2D eigenvalue weighted by Gasteiger charge is 2.73. The number of ketones is 3. The van der Waals surface area contributed by atoms with Gasteiger partial charge in [0.25, 0.3) is 0 Å². The highest BCUT2D eigenvalue weighted by Crippen LogP contribution is 2.70. The molecule has 0 unspecified atom stereocenters. The van der Waals surface area contributed by atoms with E-state index in [1.54, 1.807) is 19.1 Å². The molecule has 0 radical (unpaired) electrons. The molecule has 0 aromatic carbocycles. The topological polar surface area (TPSA) is 71.4 Å². The Kier molecular flexibility index (Phi) is 4.31. The minimum atomic E-state index is -1.63. The van der Waals surface area contributed by atoms with Crippen molar-refractivity contribution in [3.05, 3.63) is 36.0 Å². The maximum absolute atomic E-state index is 13.7. The van der Waals surface area contributed by atoms with E-state index in [-0.39, 0.29) is 42.0 Å². The molecule has 0 saturated heterocycles. The molecule has 0 spiro atoms. The molecule has 1 N–H and O–H groups in total. The zero-order chi connectivity index (χ0) is 20.7. The molecule has 3 fully saturated rings. The Morgan fingerprint density at radius 1 is 1.32 bits per heavy atom. The standard InChI is InChI=1S/C23H27IO4/c1-5-18(26)23(28)13(2)10-17-16-7-6-14-11-15(25)8-9-20(14,3)22(16,24)19(27)12-21(17,23)4/h8-9,11,16-17,28H,2,5-7,10,12H2,1,3-4H3/t16-,17-,20-,21-,22-,23-/m0/s1. The molecule has 4 nitrogen and oxygen atoms in total. The van der Waals surface area contributed by atoms with Gasteiger partial charge in [-0.3, -0.25) is 14.4 Å². The zero-order valence-corrected chi connectivity index (χ0v) is 18.8. The number of alkyl halides is 1. The molecular weight excluding hydrogens is 467 g/mol. The first-order valence-corrected chi connectivity index (χ1v) is 11.1. The summed E-state index contributed by atoms with van der Waals surface area (Å²) in [6.45, 7) is 9.81. The summed E-state index contributed by atoms with van der Waals surface area (Å²) < 4.78 is -0.684. The Morgan fingerprint density at radius 2 is 2.00 bits per heavy atom. The fraction of sp³-hybridized carbons (Fsp3) is 0.609. The van der Waals surface area contributed by atoms with Crippen LogP contribution in [-0.2, 0) is 14.4 Å². The molecule has 0 aromatic rings. The number of hydrogen-bond acceptors (Lipinski definition) is 4. The second-order valence-corrected chi connectivity index (χ2v) is 11.1. The molecule has 5 heteroatoms. The molecule has 3 saturated carbocycles. The molecular formula is C23H27IO4. The van der Waals surface area contributed by atoms with E-state index in [4.69, 9.17) is 0 Å². The average molecular weight is 494 g/mol. The second kappa shape index (κ2) is 5.97. The van der Waals surface area contributed by atoms with Crippen LogP contribution in [0.3, 0.4) is 0 Å². The van der Waals surface area contributed by atoms with E-state index >= 15 is 0 Å². The number of carbonyl (C=O) groups is 3. The van der Waals surface area contributed by atoms with Gasteiger partial charge in [0, 0.05) is 23.7 Å². The van der Waals surface area contributed by atoms with E-state index in [1.807, 2.05) is 13.0 Å². The molecule has 4 aliphatic rings. The van der Waals surface area contributed by atoms with Crippen LogP contribution in [-0.4, -0.2) is 31.5 Å². The van der Waals surface area contributed by atoms with Gasteiger partial charge >= 0.3 is 0 Å². The van der Waals surface area contributed by atoms with Gasteiger partial charge in [-0.2, -0.15) is 0 Å². The lowest BCUT2D eigenvalue weighted by Gasteiger charge is -2.61. The van der Waals surface area contributed by atoms with Crippen molar-refractivity contribution in [2.45, 2.75) is 61.9 Å². The van der Waals surface area contributed by atoms with Crippen molar-refractivity contribution in [2.75, 3.05) is 0 Å². The lowest BCUT2D eigenvalue weighted by molar-refractivity contribution is -0.159. The Bertz CT molecular complexity index is 885. The number of halogens is 1. The van der Waals surface area contributed by atoms with Crippen molar-refractivity contribution in [2.24, 2.45) is 22.7 Å². The summed E-state index contributed by atoms with van der Waals surface area (Å²) in [5.74, 6) is -0.145. The van der Waals surface area contributed by atoms with Crippen LogP contribution in [0.25, 0.3) is 0 Å². The van der Waals surface area contributed by atoms with Crippen molar-refractivity contribution in [1.29, 1.82) is 0 Å². The summed E-state index contributed by atoms with van der Waals surface area (Å²) in [5.41, 5.74) is -1.38. The van der Waals surface area contributed by atoms with E-state index in [1.165, 1.54) is 0 Å². The molecule has 0 amide bonds. The van der Waals surface area contributed by atoms with Gasteiger partial charge in [0.2, 0.25) is 0 Å². The van der Waals surface area contributed by atoms with E-state index < -0.39 is 19.9 Å². The van der Waals surface area contributed by atoms with Gasteiger partial charge in [-0.25, -0.2) is 0 Å². The van der Waals surface area contributed by atoms with Crippen molar-refractivity contribution >= 4 is 39.9 Å². The van der Waals surface area contributed by atoms with Crippen LogP contribution in [0.15, 0.2) is 36.0 Å². The number of aliphatic hydroxyl groups is 1. The summed E-state index contributed by atoms with van der Waals surface area (Å²) in [6, 6.07) is 0. The summed E-state index contributed by atoms with van der Waals surface area (Å²) >= 11 is 2.33. The van der Waals surface area contributed by atoms with E-state index in [0.29, 0.717) is 12.0 Å². The number of Topliss-reactive ketones (excluding diaryl/α,β-unsaturated/α-hetero) is 2. The lowest BCUT2D eigenvalue weighted by Crippen LogP contribution is -2.66. The minimum absolute atomic E-state index is 0.0134. The summed E-state index contributed by atoms with van der Waals surface area (Å²) in [6.07, 6.45) is 7.68. The molecule has 0 aromatic heterocycles. The van der Waals surface area contributed by atoms with Crippen LogP contribution >= 0.6 is 22.6 Å². The predicted molar refractivity (Wildman–Crippen MR) is 115 cm³/mol. The summed E-state index contributed by atoms with van der Waals surface area (Å²) in [4.78, 5) is 38.5. The normalized spacial score (nSPS) is 47.3. The van der Waals surface area contributed by atoms with Gasteiger partial charge in [0.15, 0.2) is 17.3 Å². The maximum Gasteiger partial charge on any atom is 0.178 e. The number of hydrogen-bond donors (Lipinski definition) is 1. The molecule has 28 heavy (non-hydrogen) atoms. The largest absolute Gasteiger partial charge is 0.377 e. The first-order valence-electron chi connectivity index (χ1n) is 10.1. The van der Waals surface area contributed by atoms with Crippen LogP contribution in [0.4, 0.5) is 0 Å². The van der Waals surface area contributed by atoms with Gasteiger partial charge in [-0.15, -0.1) is 0 Å². The monoisotopic (exact) mass is 494 g/mol. The highest BCUT2D eigenvalue weighted by molar-refractivity contribution is 14.1. The SMILES string of the molecule is C=C1C[C@H]2[C@@H]3CCC4=CC(=O)C=C[C@]4(C)[C@@]3(I)C(=O)C[C@]2(C)[C@@]1(O)C(=O)CC. The smallest absolute Gasteiger partial charge is 0.178 e. The Hall–Kier alpha value is -1.08. The van der Waals surface area contributed by atoms with Crippen LogP contribution in [0.2, 0.25) is 0 Å². The van der Waals surface area contributed by atoms with Crippen molar-refractivity contribution in [3.63, 3.8) is 0 Å². The average Bonchev–Trinajstić information content (AvgIpc) is 2.84. The predicted octanol–water partition coefficient (Wildman–Crippen LogP) is 3.91. The lowest BCUT2D eigenvalue weighted by atomic mass is 9.46. The molecule has 4 rings (SSSR count). The van der Waals surface area contributed by atoms with Gasteiger partial charge in [0.1, 0.15) is 5.60 Å². The van der Waals surface area contributed by atoms with Gasteiger partial charge in [-0.1, -0.05) is 61.6 Å². The van der Waals surface area contributed by atoms with Crippen LogP contribution in [0.5, 0.6) is 0 Å². The quantitative estimate of drug-likeness (QED) is 0.359. The van der Waals surface area contributed by atoms with E-state index in [0.717, 1.165) is 18.4 Å². The molecule has 6 atom stereocenters. The fourth-order valence-electron chi connectivity index (χ4n) is 6.67. The molecule has 4 aliphatic carbocycles. The van der Waals surface area contributed by atoms with Gasteiger partial charge in [-0.05, 0) is 48.8 Å². The highest BCUT2D eigenvalue weighted by atomic mass is 127. The third-order valence-corrected chi connectivity index (χ3v) is 10.8. The fourth-order valence-corrected chi connectivity index (χ4v) is 8.13. The summed E-state index contributed by atoms with van der Waals surface area (Å²) in [7, 11) is 0. The van der Waals surface area contributed by atoms with Gasteiger partial charge in [0.05, 0.1) is 3.42 Å². The van der Waals surface area contributed by atoms with Crippen molar-refractivity contribution in [1.82, 2.24) is 0 Å². The number of fused-ring (bicyclic) bond motifs is 5. The van der Waals surface area contributed by atoms with E-state index in [2.05, 4.69) is 36.1 Å². The number of rotatable bonds is 2. The zero-order valence-electron chi connectivity index (χ0n) is 16.7.